The predicted molar refractivity (Wildman–Crippen MR) is 74.5 cm³/mol. The number of hydrogen-bond acceptors (Lipinski definition) is 0. The van der Waals surface area contributed by atoms with Crippen LogP contribution in [0.15, 0.2) is 48.5 Å². The normalized spacial score (nSPS) is 12.4. The van der Waals surface area contributed by atoms with Crippen molar-refractivity contribution in [1.82, 2.24) is 0 Å². The second kappa shape index (κ2) is 5.18. The Morgan fingerprint density at radius 3 is 2.18 bits per heavy atom. The van der Waals surface area contributed by atoms with Gasteiger partial charge in [-0.05, 0) is 37.3 Å². The molecule has 0 saturated heterocycles. The SMILES string of the molecule is Cc1cccc(CC(C)c2cccc(C)c2)c1. The first kappa shape index (κ1) is 11.9. The number of rotatable bonds is 3. The van der Waals surface area contributed by atoms with Gasteiger partial charge in [-0.3, -0.25) is 0 Å². The molecule has 0 radical (unpaired) electrons. The molecule has 0 aliphatic rings. The van der Waals surface area contributed by atoms with Crippen molar-refractivity contribution >= 4 is 0 Å². The largest absolute Gasteiger partial charge is 0.0617 e. The van der Waals surface area contributed by atoms with Crippen LogP contribution in [0.4, 0.5) is 0 Å². The maximum atomic E-state index is 2.30. The van der Waals surface area contributed by atoms with Gasteiger partial charge in [0.05, 0.1) is 0 Å². The molecule has 0 heteroatoms. The van der Waals surface area contributed by atoms with Gasteiger partial charge in [0, 0.05) is 0 Å². The van der Waals surface area contributed by atoms with E-state index in [0.29, 0.717) is 5.92 Å². The van der Waals surface area contributed by atoms with E-state index in [4.69, 9.17) is 0 Å². The molecule has 2 aromatic carbocycles. The van der Waals surface area contributed by atoms with Crippen molar-refractivity contribution in [2.24, 2.45) is 0 Å². The summed E-state index contributed by atoms with van der Waals surface area (Å²) in [6.07, 6.45) is 1.12. The van der Waals surface area contributed by atoms with E-state index in [1.165, 1.54) is 22.3 Å². The lowest BCUT2D eigenvalue weighted by Gasteiger charge is -2.13. The van der Waals surface area contributed by atoms with Gasteiger partial charge < -0.3 is 0 Å². The van der Waals surface area contributed by atoms with Gasteiger partial charge in [0.15, 0.2) is 0 Å². The van der Waals surface area contributed by atoms with Crippen LogP contribution in [-0.4, -0.2) is 0 Å². The summed E-state index contributed by atoms with van der Waals surface area (Å²) < 4.78 is 0. The van der Waals surface area contributed by atoms with E-state index in [9.17, 15) is 0 Å². The Morgan fingerprint density at radius 2 is 1.53 bits per heavy atom. The first-order chi connectivity index (χ1) is 8.15. The van der Waals surface area contributed by atoms with E-state index in [2.05, 4.69) is 69.3 Å². The summed E-state index contributed by atoms with van der Waals surface area (Å²) in [4.78, 5) is 0. The summed E-state index contributed by atoms with van der Waals surface area (Å²) in [6.45, 7) is 6.61. The molecule has 0 bridgehead atoms. The molecule has 17 heavy (non-hydrogen) atoms. The molecule has 88 valence electrons. The predicted octanol–water partition coefficient (Wildman–Crippen LogP) is 4.65. The van der Waals surface area contributed by atoms with Gasteiger partial charge >= 0.3 is 0 Å². The fourth-order valence-electron chi connectivity index (χ4n) is 2.29. The minimum absolute atomic E-state index is 0.580. The molecule has 0 aliphatic heterocycles. The molecule has 0 aromatic heterocycles. The van der Waals surface area contributed by atoms with Crippen LogP contribution in [0.25, 0.3) is 0 Å². The zero-order chi connectivity index (χ0) is 12.3. The van der Waals surface area contributed by atoms with Crippen LogP contribution in [-0.2, 0) is 6.42 Å². The lowest BCUT2D eigenvalue weighted by atomic mass is 9.92. The highest BCUT2D eigenvalue weighted by molar-refractivity contribution is 5.28. The zero-order valence-corrected chi connectivity index (χ0v) is 10.9. The minimum Gasteiger partial charge on any atom is -0.0617 e. The Hall–Kier alpha value is -1.56. The van der Waals surface area contributed by atoms with Gasteiger partial charge in [-0.25, -0.2) is 0 Å². The third-order valence-corrected chi connectivity index (χ3v) is 3.24. The summed E-state index contributed by atoms with van der Waals surface area (Å²) in [5.74, 6) is 0.580. The average molecular weight is 224 g/mol. The fourth-order valence-corrected chi connectivity index (χ4v) is 2.29. The molecule has 0 N–H and O–H groups in total. The van der Waals surface area contributed by atoms with Gasteiger partial charge in [-0.15, -0.1) is 0 Å². The van der Waals surface area contributed by atoms with Gasteiger partial charge in [-0.1, -0.05) is 66.6 Å². The molecule has 0 heterocycles. The molecule has 1 unspecified atom stereocenters. The lowest BCUT2D eigenvalue weighted by Crippen LogP contribution is -1.99. The first-order valence-corrected chi connectivity index (χ1v) is 6.27. The molecule has 2 rings (SSSR count). The lowest BCUT2D eigenvalue weighted by molar-refractivity contribution is 0.758. The topological polar surface area (TPSA) is 0 Å². The van der Waals surface area contributed by atoms with Crippen molar-refractivity contribution < 1.29 is 0 Å². The first-order valence-electron chi connectivity index (χ1n) is 6.27. The van der Waals surface area contributed by atoms with Crippen LogP contribution in [0, 0.1) is 13.8 Å². The molecule has 2 aromatic rings. The van der Waals surface area contributed by atoms with E-state index >= 15 is 0 Å². The van der Waals surface area contributed by atoms with Gasteiger partial charge in [0.1, 0.15) is 0 Å². The molecule has 0 spiro atoms. The molecule has 0 saturated carbocycles. The summed E-state index contributed by atoms with van der Waals surface area (Å²) in [7, 11) is 0. The Kier molecular flexibility index (Phi) is 3.63. The summed E-state index contributed by atoms with van der Waals surface area (Å²) >= 11 is 0. The quantitative estimate of drug-likeness (QED) is 0.712. The van der Waals surface area contributed by atoms with E-state index in [0.717, 1.165) is 6.42 Å². The third-order valence-electron chi connectivity index (χ3n) is 3.24. The van der Waals surface area contributed by atoms with Crippen LogP contribution < -0.4 is 0 Å². The standard InChI is InChI=1S/C17H20/c1-13-6-4-8-16(10-13)12-15(3)17-9-5-7-14(2)11-17/h4-11,15H,12H2,1-3H3. The van der Waals surface area contributed by atoms with Crippen molar-refractivity contribution in [3.63, 3.8) is 0 Å². The van der Waals surface area contributed by atoms with Crippen LogP contribution in [0.5, 0.6) is 0 Å². The summed E-state index contributed by atoms with van der Waals surface area (Å²) in [5.41, 5.74) is 5.56. The number of aryl methyl sites for hydroxylation is 2. The van der Waals surface area contributed by atoms with Gasteiger partial charge in [-0.2, -0.15) is 0 Å². The molecular formula is C17H20. The van der Waals surface area contributed by atoms with Crippen LogP contribution in [0.2, 0.25) is 0 Å². The molecule has 0 amide bonds. The van der Waals surface area contributed by atoms with Crippen molar-refractivity contribution in [1.29, 1.82) is 0 Å². The van der Waals surface area contributed by atoms with E-state index in [-0.39, 0.29) is 0 Å². The van der Waals surface area contributed by atoms with E-state index in [1.807, 2.05) is 0 Å². The van der Waals surface area contributed by atoms with Crippen LogP contribution in [0.3, 0.4) is 0 Å². The smallest absolute Gasteiger partial charge is 0.0150 e. The molecule has 0 fully saturated rings. The van der Waals surface area contributed by atoms with Crippen molar-refractivity contribution in [2.75, 3.05) is 0 Å². The Morgan fingerprint density at radius 1 is 0.882 bits per heavy atom. The third kappa shape index (κ3) is 3.20. The second-order valence-corrected chi connectivity index (χ2v) is 5.01. The Labute approximate surface area is 104 Å². The van der Waals surface area contributed by atoms with E-state index < -0.39 is 0 Å². The molecular weight excluding hydrogens is 204 g/mol. The van der Waals surface area contributed by atoms with Crippen molar-refractivity contribution in [3.8, 4) is 0 Å². The monoisotopic (exact) mass is 224 g/mol. The Balaban J connectivity index is 2.14. The van der Waals surface area contributed by atoms with Crippen molar-refractivity contribution in [3.05, 3.63) is 70.8 Å². The number of benzene rings is 2. The van der Waals surface area contributed by atoms with E-state index in [1.54, 1.807) is 0 Å². The minimum atomic E-state index is 0.580. The second-order valence-electron chi connectivity index (χ2n) is 5.01. The highest BCUT2D eigenvalue weighted by Gasteiger charge is 2.06. The maximum Gasteiger partial charge on any atom is -0.0150 e. The average Bonchev–Trinajstić information content (AvgIpc) is 2.29. The van der Waals surface area contributed by atoms with Crippen molar-refractivity contribution in [2.45, 2.75) is 33.1 Å². The van der Waals surface area contributed by atoms with Gasteiger partial charge in [0.25, 0.3) is 0 Å². The zero-order valence-electron chi connectivity index (χ0n) is 10.9. The fraction of sp³-hybridized carbons (Fsp3) is 0.294. The van der Waals surface area contributed by atoms with Crippen LogP contribution >= 0.6 is 0 Å². The maximum absolute atomic E-state index is 2.30. The highest BCUT2D eigenvalue weighted by Crippen LogP contribution is 2.21. The Bertz CT molecular complexity index is 497. The molecule has 0 nitrogen and oxygen atoms in total. The summed E-state index contributed by atoms with van der Waals surface area (Å²) in [5, 5.41) is 0. The highest BCUT2D eigenvalue weighted by atomic mass is 14.1. The van der Waals surface area contributed by atoms with Crippen LogP contribution in [0.1, 0.15) is 35.1 Å². The summed E-state index contributed by atoms with van der Waals surface area (Å²) in [6, 6.07) is 17.6. The molecule has 0 aliphatic carbocycles. The molecule has 1 atom stereocenters. The number of hydrogen-bond donors (Lipinski definition) is 0. The van der Waals surface area contributed by atoms with Gasteiger partial charge in [0.2, 0.25) is 0 Å².